The number of sulfonamides is 1. The highest BCUT2D eigenvalue weighted by molar-refractivity contribution is 7.92. The van der Waals surface area contributed by atoms with Gasteiger partial charge >= 0.3 is 0 Å². The quantitative estimate of drug-likeness (QED) is 0.432. The monoisotopic (exact) mass is 475 g/mol. The maximum atomic E-state index is 13.2. The van der Waals surface area contributed by atoms with Crippen molar-refractivity contribution in [1.82, 2.24) is 19.6 Å². The minimum absolute atomic E-state index is 0.0416. The fourth-order valence-electron chi connectivity index (χ4n) is 3.36. The van der Waals surface area contributed by atoms with E-state index in [0.717, 1.165) is 11.3 Å². The molecule has 10 heteroatoms. The highest BCUT2D eigenvalue weighted by Gasteiger charge is 2.27. The van der Waals surface area contributed by atoms with Crippen LogP contribution in [-0.2, 0) is 16.6 Å². The summed E-state index contributed by atoms with van der Waals surface area (Å²) < 4.78 is 32.0. The molecule has 0 bridgehead atoms. The highest BCUT2D eigenvalue weighted by Crippen LogP contribution is 2.28. The summed E-state index contributed by atoms with van der Waals surface area (Å²) in [5, 5.41) is 9.47. The second kappa shape index (κ2) is 8.37. The van der Waals surface area contributed by atoms with Crippen LogP contribution in [-0.4, -0.2) is 28.0 Å². The van der Waals surface area contributed by atoms with E-state index < -0.39 is 10.0 Å². The Morgan fingerprint density at radius 3 is 2.32 bits per heavy atom. The lowest BCUT2D eigenvalue weighted by Crippen LogP contribution is -2.16. The topological polar surface area (TPSA) is 81.8 Å². The van der Waals surface area contributed by atoms with Gasteiger partial charge in [0.05, 0.1) is 23.6 Å². The molecule has 2 aromatic heterocycles. The number of hydrogen-bond donors (Lipinski definition) is 1. The molecule has 0 atom stereocenters. The molecule has 0 saturated heterocycles. The number of aryl methyl sites for hydroxylation is 1. The average Bonchev–Trinajstić information content (AvgIpc) is 3.22. The molecule has 31 heavy (non-hydrogen) atoms. The first-order valence-corrected chi connectivity index (χ1v) is 11.6. The first-order chi connectivity index (χ1) is 14.8. The Hall–Kier alpha value is -2.81. The zero-order chi connectivity index (χ0) is 22.2. The minimum atomic E-state index is -3.97. The second-order valence-electron chi connectivity index (χ2n) is 6.97. The van der Waals surface area contributed by atoms with Crippen LogP contribution in [0.2, 0.25) is 10.0 Å². The number of benzene rings is 2. The minimum Gasteiger partial charge on any atom is -0.265 e. The fraction of sp³-hybridized carbons (Fsp3) is 0.143. The zero-order valence-corrected chi connectivity index (χ0v) is 19.1. The number of nitrogens with zero attached hydrogens (tertiary/aromatic N) is 4. The number of rotatable bonds is 6. The van der Waals surface area contributed by atoms with Crippen LogP contribution in [0.25, 0.3) is 5.69 Å². The molecule has 2 aromatic carbocycles. The molecule has 7 nitrogen and oxygen atoms in total. The van der Waals surface area contributed by atoms with Crippen LogP contribution >= 0.6 is 23.2 Å². The van der Waals surface area contributed by atoms with Crippen LogP contribution in [0.5, 0.6) is 0 Å². The molecule has 1 N–H and O–H groups in total. The molecular formula is C21H19Cl2N5O2S. The summed E-state index contributed by atoms with van der Waals surface area (Å²) in [7, 11) is -3.97. The van der Waals surface area contributed by atoms with Crippen LogP contribution in [0, 0.1) is 13.8 Å². The average molecular weight is 476 g/mol. The van der Waals surface area contributed by atoms with Crippen molar-refractivity contribution < 1.29 is 8.42 Å². The first kappa shape index (κ1) is 21.4. The maximum Gasteiger partial charge on any atom is 0.266 e. The Labute approximate surface area is 190 Å². The van der Waals surface area contributed by atoms with Crippen molar-refractivity contribution in [2.24, 2.45) is 0 Å². The van der Waals surface area contributed by atoms with Gasteiger partial charge in [-0.15, -0.1) is 0 Å². The molecule has 0 unspecified atom stereocenters. The molecule has 0 aliphatic carbocycles. The summed E-state index contributed by atoms with van der Waals surface area (Å²) >= 11 is 12.5. The van der Waals surface area contributed by atoms with Crippen molar-refractivity contribution >= 4 is 39.0 Å². The van der Waals surface area contributed by atoms with Gasteiger partial charge in [0.25, 0.3) is 10.0 Å². The van der Waals surface area contributed by atoms with Gasteiger partial charge in [-0.05, 0) is 37.6 Å². The third-order valence-corrected chi connectivity index (χ3v) is 6.97. The lowest BCUT2D eigenvalue weighted by Gasteiger charge is -2.08. The Morgan fingerprint density at radius 2 is 1.61 bits per heavy atom. The van der Waals surface area contributed by atoms with Crippen LogP contribution in [0.1, 0.15) is 17.0 Å². The van der Waals surface area contributed by atoms with Crippen LogP contribution in [0.3, 0.4) is 0 Å². The summed E-state index contributed by atoms with van der Waals surface area (Å²) in [6.45, 7) is 3.71. The Morgan fingerprint density at radius 1 is 0.935 bits per heavy atom. The number of anilines is 1. The molecule has 0 amide bonds. The van der Waals surface area contributed by atoms with Gasteiger partial charge in [-0.3, -0.25) is 9.40 Å². The molecule has 0 aliphatic rings. The highest BCUT2D eigenvalue weighted by atomic mass is 35.5. The van der Waals surface area contributed by atoms with E-state index in [9.17, 15) is 8.42 Å². The van der Waals surface area contributed by atoms with E-state index in [1.54, 1.807) is 30.8 Å². The van der Waals surface area contributed by atoms with Crippen molar-refractivity contribution in [3.63, 3.8) is 0 Å². The molecule has 0 fully saturated rings. The predicted octanol–water partition coefficient (Wildman–Crippen LogP) is 4.84. The second-order valence-corrected chi connectivity index (χ2v) is 9.40. The summed E-state index contributed by atoms with van der Waals surface area (Å²) in [5.74, 6) is 0.0416. The van der Waals surface area contributed by atoms with Gasteiger partial charge in [-0.2, -0.15) is 10.2 Å². The van der Waals surface area contributed by atoms with E-state index in [1.807, 2.05) is 48.5 Å². The van der Waals surface area contributed by atoms with Gasteiger partial charge in [0, 0.05) is 11.2 Å². The van der Waals surface area contributed by atoms with Crippen molar-refractivity contribution in [2.75, 3.05) is 4.72 Å². The molecule has 4 rings (SSSR count). The van der Waals surface area contributed by atoms with Gasteiger partial charge in [-0.1, -0.05) is 59.6 Å². The molecule has 4 aromatic rings. The Kier molecular flexibility index (Phi) is 5.79. The maximum absolute atomic E-state index is 13.2. The first-order valence-electron chi connectivity index (χ1n) is 9.37. The summed E-state index contributed by atoms with van der Waals surface area (Å²) in [6, 6.07) is 16.7. The van der Waals surface area contributed by atoms with Crippen LogP contribution < -0.4 is 4.72 Å². The van der Waals surface area contributed by atoms with Gasteiger partial charge in [0.15, 0.2) is 5.82 Å². The van der Waals surface area contributed by atoms with Gasteiger partial charge in [0.1, 0.15) is 9.92 Å². The summed E-state index contributed by atoms with van der Waals surface area (Å²) in [5.41, 5.74) is 2.48. The fourth-order valence-corrected chi connectivity index (χ4v) is 5.23. The standard InChI is InChI=1S/C21H19Cl2N5O2S/c1-14-20(15(2)28(24-14)17-9-4-3-5-10-17)31(29,30)26-21-19(23)13-27(25-21)12-16-8-6-7-11-18(16)22/h3-11,13H,12H2,1-2H3,(H,25,26). The third kappa shape index (κ3) is 4.32. The van der Waals surface area contributed by atoms with Crippen LogP contribution in [0.15, 0.2) is 65.7 Å². The molecule has 2 heterocycles. The zero-order valence-electron chi connectivity index (χ0n) is 16.8. The third-order valence-electron chi connectivity index (χ3n) is 4.73. The summed E-state index contributed by atoms with van der Waals surface area (Å²) in [4.78, 5) is 0.0908. The van der Waals surface area contributed by atoms with E-state index >= 15 is 0 Å². The smallest absolute Gasteiger partial charge is 0.265 e. The van der Waals surface area contributed by atoms with Gasteiger partial charge < -0.3 is 0 Å². The number of para-hydroxylation sites is 1. The van der Waals surface area contributed by atoms with Crippen molar-refractivity contribution in [3.05, 3.63) is 87.8 Å². The van der Waals surface area contributed by atoms with E-state index in [4.69, 9.17) is 23.2 Å². The molecule has 0 spiro atoms. The summed E-state index contributed by atoms with van der Waals surface area (Å²) in [6.07, 6.45) is 1.55. The Balaban J connectivity index is 1.64. The van der Waals surface area contributed by atoms with Gasteiger partial charge in [0.2, 0.25) is 0 Å². The predicted molar refractivity (Wildman–Crippen MR) is 122 cm³/mol. The van der Waals surface area contributed by atoms with Crippen molar-refractivity contribution in [3.8, 4) is 5.69 Å². The molecule has 160 valence electrons. The molecule has 0 radical (unpaired) electrons. The van der Waals surface area contributed by atoms with Crippen LogP contribution in [0.4, 0.5) is 5.82 Å². The molecule has 0 aliphatic heterocycles. The number of nitrogens with one attached hydrogen (secondary N) is 1. The van der Waals surface area contributed by atoms with Crippen molar-refractivity contribution in [2.45, 2.75) is 25.3 Å². The lowest BCUT2D eigenvalue weighted by molar-refractivity contribution is 0.599. The molecular weight excluding hydrogens is 457 g/mol. The number of halogens is 2. The largest absolute Gasteiger partial charge is 0.266 e. The van der Waals surface area contributed by atoms with Gasteiger partial charge in [-0.25, -0.2) is 13.1 Å². The van der Waals surface area contributed by atoms with E-state index in [0.29, 0.717) is 23.0 Å². The lowest BCUT2D eigenvalue weighted by atomic mass is 10.2. The number of aromatic nitrogens is 4. The SMILES string of the molecule is Cc1nn(-c2ccccc2)c(C)c1S(=O)(=O)Nc1nn(Cc2ccccc2Cl)cc1Cl. The van der Waals surface area contributed by atoms with Crippen molar-refractivity contribution in [1.29, 1.82) is 0 Å². The molecule has 0 saturated carbocycles. The van der Waals surface area contributed by atoms with E-state index in [-0.39, 0.29) is 15.7 Å². The number of hydrogen-bond acceptors (Lipinski definition) is 4. The van der Waals surface area contributed by atoms with E-state index in [1.165, 1.54) is 4.68 Å². The normalized spacial score (nSPS) is 11.6. The van der Waals surface area contributed by atoms with E-state index in [2.05, 4.69) is 14.9 Å². The Bertz CT molecular complexity index is 1350.